The second-order valence-electron chi connectivity index (χ2n) is 7.67. The third-order valence-electron chi connectivity index (χ3n) is 5.48. The van der Waals surface area contributed by atoms with Gasteiger partial charge in [-0.25, -0.2) is 0 Å². The number of nitrogens with one attached hydrogen (secondary N) is 1. The van der Waals surface area contributed by atoms with Crippen molar-refractivity contribution in [3.8, 4) is 5.69 Å². The number of amides is 1. The van der Waals surface area contributed by atoms with Gasteiger partial charge in [-0.3, -0.25) is 10.2 Å². The number of benzene rings is 2. The Morgan fingerprint density at radius 2 is 1.72 bits per heavy atom. The van der Waals surface area contributed by atoms with Crippen LogP contribution in [0, 0.1) is 19.3 Å². The number of aromatic nitrogens is 1. The van der Waals surface area contributed by atoms with Crippen LogP contribution in [0.3, 0.4) is 0 Å². The van der Waals surface area contributed by atoms with Crippen LogP contribution in [-0.2, 0) is 11.2 Å². The Labute approximate surface area is 190 Å². The number of hydrogen-bond acceptors (Lipinski definition) is 4. The van der Waals surface area contributed by atoms with Gasteiger partial charge in [0.25, 0.3) is 5.91 Å². The second-order valence-corrected chi connectivity index (χ2v) is 8.71. The van der Waals surface area contributed by atoms with Gasteiger partial charge < -0.3 is 4.57 Å². The molecule has 5 rings (SSSR count). The van der Waals surface area contributed by atoms with Crippen LogP contribution in [0.15, 0.2) is 82.4 Å². The maximum Gasteiger partial charge on any atom is 0.283 e. The highest BCUT2D eigenvalue weighted by Crippen LogP contribution is 2.30. The SMILES string of the molecule is Cc1cc(C=C2C(=N)N3N=C(Cc4ccccc4)SC3=NC2=O)c(C)n1-c1ccccc1. The molecule has 158 valence electrons. The van der Waals surface area contributed by atoms with Crippen molar-refractivity contribution in [2.75, 3.05) is 0 Å². The Morgan fingerprint density at radius 3 is 2.44 bits per heavy atom. The number of para-hydroxylation sites is 1. The third kappa shape index (κ3) is 3.61. The van der Waals surface area contributed by atoms with E-state index in [0.717, 1.165) is 33.2 Å². The Balaban J connectivity index is 1.46. The molecular weight excluding hydrogens is 418 g/mol. The Bertz CT molecular complexity index is 1320. The molecule has 0 spiro atoms. The van der Waals surface area contributed by atoms with E-state index in [4.69, 9.17) is 5.41 Å². The third-order valence-corrected chi connectivity index (χ3v) is 6.39. The number of rotatable bonds is 4. The van der Waals surface area contributed by atoms with E-state index in [1.165, 1.54) is 16.8 Å². The Hall–Kier alpha value is -3.71. The quantitative estimate of drug-likeness (QED) is 0.584. The number of aliphatic imine (C=N–C) groups is 1. The van der Waals surface area contributed by atoms with Crippen molar-refractivity contribution in [2.45, 2.75) is 20.3 Å². The zero-order valence-electron chi connectivity index (χ0n) is 17.7. The van der Waals surface area contributed by atoms with Crippen LogP contribution < -0.4 is 0 Å². The standard InChI is InChI=1S/C25H21N5OS/c1-16-13-19(17(2)29(16)20-11-7-4-8-12-20)15-21-23(26)30-25(27-24(21)31)32-22(28-30)14-18-9-5-3-6-10-18/h3-13,15,26H,14H2,1-2H3. The van der Waals surface area contributed by atoms with Gasteiger partial charge >= 0.3 is 0 Å². The minimum Gasteiger partial charge on any atom is -0.318 e. The summed E-state index contributed by atoms with van der Waals surface area (Å²) < 4.78 is 2.14. The topological polar surface area (TPSA) is 73.8 Å². The van der Waals surface area contributed by atoms with Gasteiger partial charge in [0.1, 0.15) is 5.04 Å². The molecular formula is C25H21N5OS. The number of carbonyl (C=O) groups is 1. The largest absolute Gasteiger partial charge is 0.318 e. The number of carbonyl (C=O) groups excluding carboxylic acids is 1. The van der Waals surface area contributed by atoms with Crippen LogP contribution in [0.5, 0.6) is 0 Å². The number of aryl methyl sites for hydroxylation is 1. The summed E-state index contributed by atoms with van der Waals surface area (Å²) in [4.78, 5) is 17.0. The molecule has 0 bridgehead atoms. The van der Waals surface area contributed by atoms with Gasteiger partial charge in [-0.15, -0.1) is 0 Å². The molecule has 1 aromatic heterocycles. The van der Waals surface area contributed by atoms with Gasteiger partial charge in [0.15, 0.2) is 5.84 Å². The molecule has 32 heavy (non-hydrogen) atoms. The smallest absolute Gasteiger partial charge is 0.283 e. The second kappa shape index (κ2) is 8.09. The van der Waals surface area contributed by atoms with Crippen LogP contribution in [0.2, 0.25) is 0 Å². The lowest BCUT2D eigenvalue weighted by atomic mass is 10.1. The predicted octanol–water partition coefficient (Wildman–Crippen LogP) is 4.96. The van der Waals surface area contributed by atoms with Gasteiger partial charge in [0, 0.05) is 23.5 Å². The van der Waals surface area contributed by atoms with Gasteiger partial charge in [0.05, 0.1) is 5.57 Å². The number of hydrogen-bond donors (Lipinski definition) is 1. The van der Waals surface area contributed by atoms with Crippen molar-refractivity contribution in [3.05, 3.63) is 94.8 Å². The molecule has 3 heterocycles. The first kappa shape index (κ1) is 20.2. The molecule has 0 radical (unpaired) electrons. The van der Waals surface area contributed by atoms with Crippen molar-refractivity contribution in [3.63, 3.8) is 0 Å². The van der Waals surface area contributed by atoms with E-state index < -0.39 is 5.91 Å². The van der Waals surface area contributed by atoms with Crippen molar-refractivity contribution in [2.24, 2.45) is 10.1 Å². The molecule has 7 heteroatoms. The van der Waals surface area contributed by atoms with E-state index in [1.807, 2.05) is 80.6 Å². The average Bonchev–Trinajstić information content (AvgIpc) is 3.32. The maximum absolute atomic E-state index is 12.8. The van der Waals surface area contributed by atoms with Gasteiger partial charge in [0.2, 0.25) is 5.17 Å². The summed E-state index contributed by atoms with van der Waals surface area (Å²) in [7, 11) is 0. The van der Waals surface area contributed by atoms with Gasteiger partial charge in [-0.05, 0) is 61.0 Å². The molecule has 6 nitrogen and oxygen atoms in total. The molecule has 2 aromatic carbocycles. The highest BCUT2D eigenvalue weighted by Gasteiger charge is 2.35. The molecule has 1 N–H and O–H groups in total. The van der Waals surface area contributed by atoms with E-state index in [1.54, 1.807) is 6.08 Å². The molecule has 0 saturated carbocycles. The zero-order valence-corrected chi connectivity index (χ0v) is 18.6. The minimum absolute atomic E-state index is 0.0556. The fraction of sp³-hybridized carbons (Fsp3) is 0.120. The van der Waals surface area contributed by atoms with E-state index in [-0.39, 0.29) is 11.4 Å². The summed E-state index contributed by atoms with van der Waals surface area (Å²) in [6.45, 7) is 4.05. The highest BCUT2D eigenvalue weighted by atomic mass is 32.2. The number of hydrazone groups is 1. The van der Waals surface area contributed by atoms with Crippen LogP contribution >= 0.6 is 11.8 Å². The van der Waals surface area contributed by atoms with Crippen LogP contribution in [-0.4, -0.2) is 31.5 Å². The lowest BCUT2D eigenvalue weighted by molar-refractivity contribution is -0.114. The van der Waals surface area contributed by atoms with Crippen LogP contribution in [0.25, 0.3) is 11.8 Å². The minimum atomic E-state index is -0.408. The molecule has 0 saturated heterocycles. The first-order chi connectivity index (χ1) is 15.5. The molecule has 0 atom stereocenters. The van der Waals surface area contributed by atoms with Gasteiger partial charge in [-0.1, -0.05) is 48.5 Å². The summed E-state index contributed by atoms with van der Waals surface area (Å²) >= 11 is 1.35. The fourth-order valence-corrected chi connectivity index (χ4v) is 4.86. The van der Waals surface area contributed by atoms with E-state index in [2.05, 4.69) is 14.7 Å². The van der Waals surface area contributed by atoms with E-state index in [0.29, 0.717) is 11.6 Å². The van der Waals surface area contributed by atoms with Crippen molar-refractivity contribution >= 4 is 39.8 Å². The van der Waals surface area contributed by atoms with Crippen LogP contribution in [0.1, 0.15) is 22.5 Å². The molecule has 1 amide bonds. The predicted molar refractivity (Wildman–Crippen MR) is 130 cm³/mol. The first-order valence-electron chi connectivity index (χ1n) is 10.3. The summed E-state index contributed by atoms with van der Waals surface area (Å²) in [5, 5.41) is 15.9. The lowest BCUT2D eigenvalue weighted by Gasteiger charge is -2.20. The number of amidine groups is 2. The van der Waals surface area contributed by atoms with Crippen molar-refractivity contribution in [1.82, 2.24) is 9.58 Å². The zero-order chi connectivity index (χ0) is 22.2. The highest BCUT2D eigenvalue weighted by molar-refractivity contribution is 8.26. The summed E-state index contributed by atoms with van der Waals surface area (Å²) in [5.74, 6) is -0.352. The van der Waals surface area contributed by atoms with Crippen molar-refractivity contribution in [1.29, 1.82) is 5.41 Å². The van der Waals surface area contributed by atoms with Crippen molar-refractivity contribution < 1.29 is 4.79 Å². The first-order valence-corrected chi connectivity index (χ1v) is 11.1. The summed E-state index contributed by atoms with van der Waals surface area (Å²) in [5.41, 5.74) is 5.37. The number of nitrogens with zero attached hydrogens (tertiary/aromatic N) is 4. The normalized spacial score (nSPS) is 16.9. The number of fused-ring (bicyclic) bond motifs is 1. The van der Waals surface area contributed by atoms with E-state index >= 15 is 0 Å². The monoisotopic (exact) mass is 439 g/mol. The molecule has 0 aliphatic carbocycles. The average molecular weight is 440 g/mol. The molecule has 0 fully saturated rings. The summed E-state index contributed by atoms with van der Waals surface area (Å²) in [6, 6.07) is 22.1. The molecule has 2 aliphatic heterocycles. The Kier molecular flexibility index (Phi) is 5.11. The van der Waals surface area contributed by atoms with Gasteiger partial charge in [-0.2, -0.15) is 15.1 Å². The van der Waals surface area contributed by atoms with Crippen LogP contribution in [0.4, 0.5) is 0 Å². The summed E-state index contributed by atoms with van der Waals surface area (Å²) in [6.07, 6.45) is 2.39. The number of thioether (sulfide) groups is 1. The molecule has 2 aliphatic rings. The molecule has 3 aromatic rings. The lowest BCUT2D eigenvalue weighted by Crippen LogP contribution is -2.35. The Morgan fingerprint density at radius 1 is 1.03 bits per heavy atom. The van der Waals surface area contributed by atoms with E-state index in [9.17, 15) is 4.79 Å². The molecule has 0 unspecified atom stereocenters. The fourth-order valence-electron chi connectivity index (χ4n) is 3.94. The maximum atomic E-state index is 12.8.